The second kappa shape index (κ2) is 7.98. The van der Waals surface area contributed by atoms with Crippen molar-refractivity contribution in [3.8, 4) is 10.7 Å². The van der Waals surface area contributed by atoms with Crippen LogP contribution in [0.2, 0.25) is 5.02 Å². The van der Waals surface area contributed by atoms with Gasteiger partial charge in [0.05, 0.1) is 22.3 Å². The highest BCUT2D eigenvalue weighted by Gasteiger charge is 2.35. The molecule has 0 radical (unpaired) electrons. The fraction of sp³-hybridized carbons (Fsp3) is 0.0909. The highest BCUT2D eigenvalue weighted by Crippen LogP contribution is 2.39. The minimum Gasteiger partial charge on any atom is -0.328 e. The molecule has 31 heavy (non-hydrogen) atoms. The molecule has 1 unspecified atom stereocenters. The molecular formula is C22H17ClN6OS. The van der Waals surface area contributed by atoms with E-state index in [0.717, 1.165) is 10.4 Å². The Bertz CT molecular complexity index is 1280. The Hall–Kier alpha value is -3.49. The summed E-state index contributed by atoms with van der Waals surface area (Å²) in [6.45, 7) is 1.85. The Morgan fingerprint density at radius 3 is 2.81 bits per heavy atom. The lowest BCUT2D eigenvalue weighted by Crippen LogP contribution is -2.31. The minimum atomic E-state index is -0.539. The van der Waals surface area contributed by atoms with Crippen molar-refractivity contribution in [1.82, 2.24) is 19.7 Å². The molecule has 0 spiro atoms. The number of benzene rings is 1. The quantitative estimate of drug-likeness (QED) is 0.459. The van der Waals surface area contributed by atoms with Gasteiger partial charge in [-0.1, -0.05) is 35.9 Å². The first-order valence-corrected chi connectivity index (χ1v) is 10.8. The van der Waals surface area contributed by atoms with Gasteiger partial charge < -0.3 is 10.6 Å². The Morgan fingerprint density at radius 1 is 1.19 bits per heavy atom. The predicted molar refractivity (Wildman–Crippen MR) is 122 cm³/mol. The summed E-state index contributed by atoms with van der Waals surface area (Å²) in [7, 11) is 0. The molecule has 0 fully saturated rings. The second-order valence-electron chi connectivity index (χ2n) is 6.96. The normalized spacial score (nSPS) is 15.4. The fourth-order valence-corrected chi connectivity index (χ4v) is 4.47. The smallest absolute Gasteiger partial charge is 0.255 e. The van der Waals surface area contributed by atoms with Crippen LogP contribution >= 0.6 is 22.9 Å². The molecule has 2 N–H and O–H groups in total. The average molecular weight is 449 g/mol. The van der Waals surface area contributed by atoms with Crippen LogP contribution in [0.5, 0.6) is 0 Å². The number of thiophene rings is 1. The SMILES string of the molecule is CC1=C(C(=O)Nc2cccnc2)C(c2ccccc2Cl)n2nc(-c3cccs3)nc2N1. The maximum absolute atomic E-state index is 13.4. The molecule has 1 atom stereocenters. The summed E-state index contributed by atoms with van der Waals surface area (Å²) in [5.74, 6) is 0.891. The first-order chi connectivity index (χ1) is 15.1. The number of hydrogen-bond donors (Lipinski definition) is 2. The van der Waals surface area contributed by atoms with Gasteiger partial charge in [0.1, 0.15) is 6.04 Å². The van der Waals surface area contributed by atoms with E-state index in [1.54, 1.807) is 40.5 Å². The van der Waals surface area contributed by atoms with Crippen molar-refractivity contribution in [3.05, 3.63) is 88.2 Å². The molecule has 4 heterocycles. The molecule has 0 bridgehead atoms. The van der Waals surface area contributed by atoms with E-state index in [4.69, 9.17) is 16.7 Å². The Morgan fingerprint density at radius 2 is 2.06 bits per heavy atom. The molecule has 3 aromatic heterocycles. The molecule has 9 heteroatoms. The maximum Gasteiger partial charge on any atom is 0.255 e. The lowest BCUT2D eigenvalue weighted by Gasteiger charge is -2.29. The molecule has 1 aliphatic rings. The molecular weight excluding hydrogens is 432 g/mol. The zero-order chi connectivity index (χ0) is 21.4. The summed E-state index contributed by atoms with van der Waals surface area (Å²) in [6.07, 6.45) is 3.26. The van der Waals surface area contributed by atoms with Gasteiger partial charge in [-0.25, -0.2) is 4.68 Å². The van der Waals surface area contributed by atoms with E-state index < -0.39 is 6.04 Å². The summed E-state index contributed by atoms with van der Waals surface area (Å²) in [5.41, 5.74) is 2.57. The minimum absolute atomic E-state index is 0.262. The summed E-state index contributed by atoms with van der Waals surface area (Å²) in [6, 6.07) is 14.4. The standard InChI is InChI=1S/C22H17ClN6OS/c1-13-18(21(30)26-14-6-4-10-24-12-14)19(15-7-2-3-8-16(15)23)29-22(25-13)27-20(28-29)17-9-5-11-31-17/h2-12,19H,1H3,(H,26,30)(H,25,27,28). The largest absolute Gasteiger partial charge is 0.328 e. The second-order valence-corrected chi connectivity index (χ2v) is 8.32. The summed E-state index contributed by atoms with van der Waals surface area (Å²) in [4.78, 5) is 23.1. The van der Waals surface area contributed by atoms with Gasteiger partial charge in [0, 0.05) is 22.5 Å². The number of carbonyl (C=O) groups is 1. The van der Waals surface area contributed by atoms with Crippen LogP contribution in [0.15, 0.2) is 77.6 Å². The van der Waals surface area contributed by atoms with Crippen LogP contribution in [0.4, 0.5) is 11.6 Å². The molecule has 0 saturated carbocycles. The van der Waals surface area contributed by atoms with Gasteiger partial charge in [0.15, 0.2) is 5.82 Å². The number of halogens is 1. The molecule has 0 saturated heterocycles. The van der Waals surface area contributed by atoms with E-state index in [1.165, 1.54) is 0 Å². The molecule has 0 aliphatic carbocycles. The van der Waals surface area contributed by atoms with Crippen molar-refractivity contribution in [2.75, 3.05) is 10.6 Å². The van der Waals surface area contributed by atoms with E-state index in [2.05, 4.69) is 20.6 Å². The van der Waals surface area contributed by atoms with Gasteiger partial charge in [-0.05, 0) is 36.6 Å². The van der Waals surface area contributed by atoms with Crippen LogP contribution < -0.4 is 10.6 Å². The first-order valence-electron chi connectivity index (χ1n) is 9.56. The molecule has 154 valence electrons. The van der Waals surface area contributed by atoms with Crippen molar-refractivity contribution in [3.63, 3.8) is 0 Å². The Labute approximate surface area is 187 Å². The number of nitrogens with one attached hydrogen (secondary N) is 2. The number of nitrogens with zero attached hydrogens (tertiary/aromatic N) is 4. The molecule has 7 nitrogen and oxygen atoms in total. The van der Waals surface area contributed by atoms with E-state index in [-0.39, 0.29) is 5.91 Å². The third-order valence-electron chi connectivity index (χ3n) is 4.96. The number of rotatable bonds is 4. The summed E-state index contributed by atoms with van der Waals surface area (Å²) >= 11 is 8.12. The van der Waals surface area contributed by atoms with E-state index in [1.807, 2.05) is 48.7 Å². The Balaban J connectivity index is 1.63. The fourth-order valence-electron chi connectivity index (χ4n) is 3.57. The van der Waals surface area contributed by atoms with E-state index in [0.29, 0.717) is 33.8 Å². The predicted octanol–water partition coefficient (Wildman–Crippen LogP) is 4.98. The zero-order valence-electron chi connectivity index (χ0n) is 16.4. The van der Waals surface area contributed by atoms with Crippen LogP contribution in [-0.4, -0.2) is 25.7 Å². The zero-order valence-corrected chi connectivity index (χ0v) is 18.0. The topological polar surface area (TPSA) is 84.7 Å². The monoisotopic (exact) mass is 448 g/mol. The van der Waals surface area contributed by atoms with Crippen molar-refractivity contribution < 1.29 is 4.79 Å². The van der Waals surface area contributed by atoms with Crippen molar-refractivity contribution in [2.45, 2.75) is 13.0 Å². The van der Waals surface area contributed by atoms with Crippen LogP contribution in [0.25, 0.3) is 10.7 Å². The van der Waals surface area contributed by atoms with Crippen LogP contribution in [0.1, 0.15) is 18.5 Å². The summed E-state index contributed by atoms with van der Waals surface area (Å²) in [5, 5.41) is 13.4. The van der Waals surface area contributed by atoms with Gasteiger partial charge >= 0.3 is 0 Å². The van der Waals surface area contributed by atoms with E-state index in [9.17, 15) is 4.79 Å². The number of carbonyl (C=O) groups excluding carboxylic acids is 1. The average Bonchev–Trinajstić information content (AvgIpc) is 3.43. The maximum atomic E-state index is 13.4. The van der Waals surface area contributed by atoms with E-state index >= 15 is 0 Å². The molecule has 5 rings (SSSR count). The van der Waals surface area contributed by atoms with Crippen LogP contribution in [0.3, 0.4) is 0 Å². The van der Waals surface area contributed by atoms with Crippen molar-refractivity contribution in [2.24, 2.45) is 0 Å². The van der Waals surface area contributed by atoms with Gasteiger partial charge in [0.2, 0.25) is 5.95 Å². The highest BCUT2D eigenvalue weighted by molar-refractivity contribution is 7.13. The van der Waals surface area contributed by atoms with Gasteiger partial charge in [-0.2, -0.15) is 4.98 Å². The van der Waals surface area contributed by atoms with Crippen LogP contribution in [0, 0.1) is 0 Å². The number of amides is 1. The molecule has 1 aliphatic heterocycles. The highest BCUT2D eigenvalue weighted by atomic mass is 35.5. The number of allylic oxidation sites excluding steroid dienone is 1. The van der Waals surface area contributed by atoms with Crippen molar-refractivity contribution >= 4 is 40.5 Å². The third kappa shape index (κ3) is 3.60. The Kier molecular flexibility index (Phi) is 5.01. The van der Waals surface area contributed by atoms with Crippen molar-refractivity contribution in [1.29, 1.82) is 0 Å². The summed E-state index contributed by atoms with van der Waals surface area (Å²) < 4.78 is 1.72. The van der Waals surface area contributed by atoms with Gasteiger partial charge in [0.25, 0.3) is 5.91 Å². The molecule has 4 aromatic rings. The first kappa shape index (κ1) is 19.5. The number of hydrogen-bond acceptors (Lipinski definition) is 6. The van der Waals surface area contributed by atoms with Gasteiger partial charge in [-0.15, -0.1) is 16.4 Å². The van der Waals surface area contributed by atoms with Gasteiger partial charge in [-0.3, -0.25) is 9.78 Å². The number of pyridine rings is 1. The third-order valence-corrected chi connectivity index (χ3v) is 6.17. The molecule has 1 amide bonds. The lowest BCUT2D eigenvalue weighted by molar-refractivity contribution is -0.113. The molecule has 1 aromatic carbocycles. The number of aromatic nitrogens is 4. The van der Waals surface area contributed by atoms with Crippen LogP contribution in [-0.2, 0) is 4.79 Å². The number of anilines is 2. The lowest BCUT2D eigenvalue weighted by atomic mass is 9.95. The number of fused-ring (bicyclic) bond motifs is 1.